The highest BCUT2D eigenvalue weighted by molar-refractivity contribution is 4.96. The lowest BCUT2D eigenvalue weighted by atomic mass is 9.85. The zero-order chi connectivity index (χ0) is 10.9. The summed E-state index contributed by atoms with van der Waals surface area (Å²) in [6, 6.07) is 0. The fourth-order valence-electron chi connectivity index (χ4n) is 2.72. The number of likely N-dealkylation sites (N-methyl/N-ethyl adjacent to an activating group) is 1. The highest BCUT2D eigenvalue weighted by Gasteiger charge is 2.39. The Balaban J connectivity index is 1.97. The first kappa shape index (κ1) is 11.4. The maximum atomic E-state index is 6.00. The molecule has 3 nitrogen and oxygen atoms in total. The maximum absolute atomic E-state index is 6.00. The van der Waals surface area contributed by atoms with E-state index >= 15 is 0 Å². The molecule has 1 aliphatic heterocycles. The Kier molecular flexibility index (Phi) is 3.33. The summed E-state index contributed by atoms with van der Waals surface area (Å²) in [6.07, 6.45) is 5.38. The number of ether oxygens (including phenoxy) is 1. The first-order valence-electron chi connectivity index (χ1n) is 6.19. The second-order valence-electron chi connectivity index (χ2n) is 5.39. The molecule has 3 heteroatoms. The van der Waals surface area contributed by atoms with Gasteiger partial charge in [0.2, 0.25) is 0 Å². The molecule has 0 radical (unpaired) electrons. The Morgan fingerprint density at radius 2 is 2.20 bits per heavy atom. The van der Waals surface area contributed by atoms with Gasteiger partial charge in [-0.25, -0.2) is 0 Å². The SMILES string of the molecule is CC1CC(CN)(N(C)CC2CC2)CCO1. The summed E-state index contributed by atoms with van der Waals surface area (Å²) in [5, 5.41) is 0. The van der Waals surface area contributed by atoms with Crippen LogP contribution in [0.4, 0.5) is 0 Å². The minimum absolute atomic E-state index is 0.209. The minimum atomic E-state index is 0.209. The molecular weight excluding hydrogens is 188 g/mol. The molecular formula is C12H24N2O. The number of nitrogens with two attached hydrogens (primary N) is 1. The van der Waals surface area contributed by atoms with Crippen LogP contribution in [-0.4, -0.2) is 43.3 Å². The van der Waals surface area contributed by atoms with Gasteiger partial charge >= 0.3 is 0 Å². The molecule has 1 saturated carbocycles. The average Bonchev–Trinajstić information content (AvgIpc) is 3.01. The molecule has 0 aromatic carbocycles. The van der Waals surface area contributed by atoms with E-state index in [0.29, 0.717) is 6.10 Å². The molecule has 1 saturated heterocycles. The lowest BCUT2D eigenvalue weighted by Crippen LogP contribution is -2.57. The van der Waals surface area contributed by atoms with Gasteiger partial charge in [0.05, 0.1) is 6.10 Å². The third-order valence-corrected chi connectivity index (χ3v) is 4.06. The van der Waals surface area contributed by atoms with E-state index in [0.717, 1.165) is 31.9 Å². The molecule has 2 fully saturated rings. The van der Waals surface area contributed by atoms with E-state index < -0.39 is 0 Å². The van der Waals surface area contributed by atoms with E-state index in [1.165, 1.54) is 19.4 Å². The normalized spacial score (nSPS) is 37.2. The van der Waals surface area contributed by atoms with Gasteiger partial charge in [-0.3, -0.25) is 4.90 Å². The van der Waals surface area contributed by atoms with E-state index in [2.05, 4.69) is 18.9 Å². The van der Waals surface area contributed by atoms with Crippen LogP contribution in [0.3, 0.4) is 0 Å². The van der Waals surface area contributed by atoms with Gasteiger partial charge in [-0.2, -0.15) is 0 Å². The number of hydrogen-bond donors (Lipinski definition) is 1. The lowest BCUT2D eigenvalue weighted by molar-refractivity contribution is -0.0569. The van der Waals surface area contributed by atoms with Crippen LogP contribution < -0.4 is 5.73 Å². The third-order valence-electron chi connectivity index (χ3n) is 4.06. The molecule has 2 rings (SSSR count). The Bertz CT molecular complexity index is 218. The summed E-state index contributed by atoms with van der Waals surface area (Å²) in [4.78, 5) is 2.50. The summed E-state index contributed by atoms with van der Waals surface area (Å²) in [5.41, 5.74) is 6.21. The fourth-order valence-corrected chi connectivity index (χ4v) is 2.72. The van der Waals surface area contributed by atoms with Crippen molar-refractivity contribution in [3.63, 3.8) is 0 Å². The summed E-state index contributed by atoms with van der Waals surface area (Å²) in [5.74, 6) is 0.941. The topological polar surface area (TPSA) is 38.5 Å². The third kappa shape index (κ3) is 2.52. The van der Waals surface area contributed by atoms with Crippen molar-refractivity contribution in [3.05, 3.63) is 0 Å². The van der Waals surface area contributed by atoms with Gasteiger partial charge in [-0.1, -0.05) is 0 Å². The first-order valence-corrected chi connectivity index (χ1v) is 6.19. The van der Waals surface area contributed by atoms with Crippen LogP contribution in [0.15, 0.2) is 0 Å². The zero-order valence-corrected chi connectivity index (χ0v) is 10.0. The first-order chi connectivity index (χ1) is 7.16. The van der Waals surface area contributed by atoms with Gasteiger partial charge in [-0.05, 0) is 45.6 Å². The quantitative estimate of drug-likeness (QED) is 0.761. The van der Waals surface area contributed by atoms with Crippen molar-refractivity contribution >= 4 is 0 Å². The molecule has 2 unspecified atom stereocenters. The Morgan fingerprint density at radius 1 is 1.47 bits per heavy atom. The van der Waals surface area contributed by atoms with E-state index in [4.69, 9.17) is 10.5 Å². The summed E-state index contributed by atoms with van der Waals surface area (Å²) in [6.45, 7) is 5.02. The maximum Gasteiger partial charge on any atom is 0.0565 e. The van der Waals surface area contributed by atoms with Crippen LogP contribution in [0.1, 0.15) is 32.6 Å². The highest BCUT2D eigenvalue weighted by atomic mass is 16.5. The number of rotatable bonds is 4. The van der Waals surface area contributed by atoms with E-state index in [-0.39, 0.29) is 5.54 Å². The van der Waals surface area contributed by atoms with Gasteiger partial charge in [0, 0.05) is 25.2 Å². The predicted octanol–water partition coefficient (Wildman–Crippen LogP) is 1.22. The van der Waals surface area contributed by atoms with Crippen LogP contribution in [0.2, 0.25) is 0 Å². The smallest absolute Gasteiger partial charge is 0.0565 e. The highest BCUT2D eigenvalue weighted by Crippen LogP contribution is 2.35. The van der Waals surface area contributed by atoms with Crippen LogP contribution >= 0.6 is 0 Å². The molecule has 2 N–H and O–H groups in total. The molecule has 1 heterocycles. The van der Waals surface area contributed by atoms with Crippen molar-refractivity contribution in [1.29, 1.82) is 0 Å². The van der Waals surface area contributed by atoms with Crippen LogP contribution in [0.5, 0.6) is 0 Å². The van der Waals surface area contributed by atoms with Crippen LogP contribution in [0.25, 0.3) is 0 Å². The van der Waals surface area contributed by atoms with Crippen LogP contribution in [0, 0.1) is 5.92 Å². The lowest BCUT2D eigenvalue weighted by Gasteiger charge is -2.46. The van der Waals surface area contributed by atoms with Crippen molar-refractivity contribution in [3.8, 4) is 0 Å². The van der Waals surface area contributed by atoms with Gasteiger partial charge < -0.3 is 10.5 Å². The van der Waals surface area contributed by atoms with Crippen molar-refractivity contribution in [1.82, 2.24) is 4.90 Å². The molecule has 0 aromatic rings. The summed E-state index contributed by atoms with van der Waals surface area (Å²) < 4.78 is 5.62. The second-order valence-corrected chi connectivity index (χ2v) is 5.39. The predicted molar refractivity (Wildman–Crippen MR) is 61.8 cm³/mol. The molecule has 0 bridgehead atoms. The van der Waals surface area contributed by atoms with Gasteiger partial charge in [-0.15, -0.1) is 0 Å². The number of nitrogens with zero attached hydrogens (tertiary/aromatic N) is 1. The zero-order valence-electron chi connectivity index (χ0n) is 10.0. The average molecular weight is 212 g/mol. The van der Waals surface area contributed by atoms with Crippen molar-refractivity contribution in [2.24, 2.45) is 11.7 Å². The fraction of sp³-hybridized carbons (Fsp3) is 1.00. The molecule has 15 heavy (non-hydrogen) atoms. The monoisotopic (exact) mass is 212 g/mol. The standard InChI is InChI=1S/C12H24N2O/c1-10-7-12(9-13,5-6-15-10)14(2)8-11-3-4-11/h10-11H,3-9,13H2,1-2H3. The largest absolute Gasteiger partial charge is 0.378 e. The van der Waals surface area contributed by atoms with Gasteiger partial charge in [0.25, 0.3) is 0 Å². The molecule has 0 amide bonds. The van der Waals surface area contributed by atoms with Gasteiger partial charge in [0.15, 0.2) is 0 Å². The molecule has 1 aliphatic carbocycles. The Morgan fingerprint density at radius 3 is 2.73 bits per heavy atom. The molecule has 0 aromatic heterocycles. The molecule has 0 spiro atoms. The van der Waals surface area contributed by atoms with Gasteiger partial charge in [0.1, 0.15) is 0 Å². The molecule has 2 aliphatic rings. The molecule has 88 valence electrons. The minimum Gasteiger partial charge on any atom is -0.378 e. The Hall–Kier alpha value is -0.120. The van der Waals surface area contributed by atoms with E-state index in [9.17, 15) is 0 Å². The van der Waals surface area contributed by atoms with E-state index in [1.54, 1.807) is 0 Å². The van der Waals surface area contributed by atoms with Crippen molar-refractivity contribution in [2.75, 3.05) is 26.7 Å². The van der Waals surface area contributed by atoms with Crippen molar-refractivity contribution < 1.29 is 4.74 Å². The van der Waals surface area contributed by atoms with Crippen LogP contribution in [-0.2, 0) is 4.74 Å². The van der Waals surface area contributed by atoms with E-state index in [1.807, 2.05) is 0 Å². The molecule has 2 atom stereocenters. The van der Waals surface area contributed by atoms with Crippen molar-refractivity contribution in [2.45, 2.75) is 44.2 Å². The Labute approximate surface area is 93.0 Å². The second kappa shape index (κ2) is 4.40. The number of hydrogen-bond acceptors (Lipinski definition) is 3. The summed E-state index contributed by atoms with van der Waals surface area (Å²) in [7, 11) is 2.24. The summed E-state index contributed by atoms with van der Waals surface area (Å²) >= 11 is 0.